The SMILES string of the molecule is CCC(C)(N)CNC(=O)c1c(C)nc2c(OCc3c(F)cccc3F)cc(COC)cn12. The third-order valence-corrected chi connectivity index (χ3v) is 5.34. The second kappa shape index (κ2) is 9.62. The van der Waals surface area contributed by atoms with Crippen LogP contribution in [0, 0.1) is 18.6 Å². The maximum Gasteiger partial charge on any atom is 0.270 e. The number of ether oxygens (including phenoxy) is 2. The standard InChI is InChI=1S/C23H28F2N4O3/c1-5-23(3,26)13-27-22(30)20-14(2)28-21-19(9-15(11-31-4)10-29(20)21)32-12-16-17(24)7-6-8-18(16)25/h6-10H,5,11-13,26H2,1-4H3,(H,27,30). The summed E-state index contributed by atoms with van der Waals surface area (Å²) in [6, 6.07) is 5.31. The molecule has 0 aliphatic rings. The number of carbonyl (C=O) groups is 1. The van der Waals surface area contributed by atoms with E-state index in [0.717, 1.165) is 0 Å². The summed E-state index contributed by atoms with van der Waals surface area (Å²) >= 11 is 0. The van der Waals surface area contributed by atoms with Crippen molar-refractivity contribution >= 4 is 11.6 Å². The quantitative estimate of drug-likeness (QED) is 0.525. The number of hydrogen-bond acceptors (Lipinski definition) is 5. The van der Waals surface area contributed by atoms with E-state index < -0.39 is 17.2 Å². The van der Waals surface area contributed by atoms with Crippen LogP contribution in [-0.4, -0.2) is 34.5 Å². The molecular weight excluding hydrogens is 418 g/mol. The van der Waals surface area contributed by atoms with Gasteiger partial charge >= 0.3 is 0 Å². The number of nitrogens with one attached hydrogen (secondary N) is 1. The number of hydrogen-bond donors (Lipinski definition) is 2. The topological polar surface area (TPSA) is 90.9 Å². The van der Waals surface area contributed by atoms with Crippen molar-refractivity contribution in [2.24, 2.45) is 5.73 Å². The van der Waals surface area contributed by atoms with Crippen molar-refractivity contribution in [3.63, 3.8) is 0 Å². The van der Waals surface area contributed by atoms with Gasteiger partial charge in [-0.25, -0.2) is 13.8 Å². The molecular formula is C23H28F2N4O3. The van der Waals surface area contributed by atoms with Gasteiger partial charge in [-0.15, -0.1) is 0 Å². The molecule has 1 unspecified atom stereocenters. The van der Waals surface area contributed by atoms with Crippen LogP contribution in [0.4, 0.5) is 8.78 Å². The number of rotatable bonds is 9. The van der Waals surface area contributed by atoms with Crippen LogP contribution in [0.1, 0.15) is 47.6 Å². The number of fused-ring (bicyclic) bond motifs is 1. The molecule has 1 amide bonds. The number of nitrogens with two attached hydrogens (primary N) is 1. The molecule has 0 saturated carbocycles. The fourth-order valence-electron chi connectivity index (χ4n) is 3.22. The van der Waals surface area contributed by atoms with Crippen molar-refractivity contribution in [3.05, 3.63) is 64.6 Å². The highest BCUT2D eigenvalue weighted by molar-refractivity contribution is 5.95. The highest BCUT2D eigenvalue weighted by Crippen LogP contribution is 2.26. The molecule has 0 aliphatic heterocycles. The van der Waals surface area contributed by atoms with Gasteiger partial charge in [-0.05, 0) is 44.0 Å². The molecule has 3 aromatic rings. The Labute approximate surface area is 185 Å². The molecule has 0 bridgehead atoms. The van der Waals surface area contributed by atoms with Crippen LogP contribution in [-0.2, 0) is 18.0 Å². The molecule has 32 heavy (non-hydrogen) atoms. The van der Waals surface area contributed by atoms with Gasteiger partial charge in [-0.1, -0.05) is 13.0 Å². The van der Waals surface area contributed by atoms with Crippen molar-refractivity contribution in [2.75, 3.05) is 13.7 Å². The van der Waals surface area contributed by atoms with E-state index >= 15 is 0 Å². The van der Waals surface area contributed by atoms with E-state index in [1.807, 2.05) is 13.8 Å². The van der Waals surface area contributed by atoms with E-state index in [9.17, 15) is 13.6 Å². The minimum absolute atomic E-state index is 0.189. The molecule has 0 radical (unpaired) electrons. The van der Waals surface area contributed by atoms with E-state index in [1.165, 1.54) is 18.2 Å². The number of aryl methyl sites for hydroxylation is 1. The predicted octanol–water partition coefficient (Wildman–Crippen LogP) is 3.50. The summed E-state index contributed by atoms with van der Waals surface area (Å²) in [4.78, 5) is 17.4. The minimum atomic E-state index is -0.700. The highest BCUT2D eigenvalue weighted by atomic mass is 19.1. The summed E-state index contributed by atoms with van der Waals surface area (Å²) in [5.74, 6) is -1.45. The molecule has 7 nitrogen and oxygen atoms in total. The average Bonchev–Trinajstić information content (AvgIpc) is 3.08. The lowest BCUT2D eigenvalue weighted by molar-refractivity contribution is 0.0937. The third-order valence-electron chi connectivity index (χ3n) is 5.34. The molecule has 0 saturated heterocycles. The lowest BCUT2D eigenvalue weighted by atomic mass is 10.0. The second-order valence-corrected chi connectivity index (χ2v) is 8.06. The van der Waals surface area contributed by atoms with E-state index in [4.69, 9.17) is 15.2 Å². The molecule has 1 aromatic carbocycles. The maximum atomic E-state index is 14.0. The van der Waals surface area contributed by atoms with E-state index in [0.29, 0.717) is 35.6 Å². The Hall–Kier alpha value is -3.04. The van der Waals surface area contributed by atoms with Gasteiger partial charge in [-0.3, -0.25) is 9.20 Å². The highest BCUT2D eigenvalue weighted by Gasteiger charge is 2.23. The number of amides is 1. The summed E-state index contributed by atoms with van der Waals surface area (Å²) in [6.07, 6.45) is 2.42. The molecule has 9 heteroatoms. The number of carbonyl (C=O) groups excluding carboxylic acids is 1. The fourth-order valence-corrected chi connectivity index (χ4v) is 3.22. The summed E-state index contributed by atoms with van der Waals surface area (Å²) in [7, 11) is 1.54. The summed E-state index contributed by atoms with van der Waals surface area (Å²) in [5.41, 5.74) is 7.28. The Morgan fingerprint density at radius 3 is 2.59 bits per heavy atom. The van der Waals surface area contributed by atoms with Gasteiger partial charge in [0.05, 0.1) is 17.9 Å². The molecule has 2 heterocycles. The van der Waals surface area contributed by atoms with Gasteiger partial charge in [-0.2, -0.15) is 0 Å². The summed E-state index contributed by atoms with van der Waals surface area (Å²) in [6.45, 7) is 5.72. The van der Waals surface area contributed by atoms with Crippen LogP contribution in [0.2, 0.25) is 0 Å². The Morgan fingerprint density at radius 2 is 1.97 bits per heavy atom. The van der Waals surface area contributed by atoms with Gasteiger partial charge in [0.15, 0.2) is 11.4 Å². The van der Waals surface area contributed by atoms with Crippen LogP contribution < -0.4 is 15.8 Å². The summed E-state index contributed by atoms with van der Waals surface area (Å²) < 4.78 is 40.6. The van der Waals surface area contributed by atoms with Gasteiger partial charge in [0.25, 0.3) is 5.91 Å². The van der Waals surface area contributed by atoms with Crippen LogP contribution in [0.5, 0.6) is 5.75 Å². The number of aromatic nitrogens is 2. The van der Waals surface area contributed by atoms with Gasteiger partial charge in [0.1, 0.15) is 23.9 Å². The monoisotopic (exact) mass is 446 g/mol. The van der Waals surface area contributed by atoms with Crippen molar-refractivity contribution < 1.29 is 23.0 Å². The van der Waals surface area contributed by atoms with Crippen LogP contribution in [0.3, 0.4) is 0 Å². The van der Waals surface area contributed by atoms with E-state index in [2.05, 4.69) is 10.3 Å². The molecule has 172 valence electrons. The van der Waals surface area contributed by atoms with Gasteiger partial charge in [0.2, 0.25) is 0 Å². The lowest BCUT2D eigenvalue weighted by Crippen LogP contribution is -2.47. The third kappa shape index (κ3) is 5.05. The van der Waals surface area contributed by atoms with Crippen molar-refractivity contribution in [1.29, 1.82) is 0 Å². The van der Waals surface area contributed by atoms with Crippen molar-refractivity contribution in [3.8, 4) is 5.75 Å². The summed E-state index contributed by atoms with van der Waals surface area (Å²) in [5, 5.41) is 2.86. The number of imidazole rings is 1. The zero-order valence-corrected chi connectivity index (χ0v) is 18.7. The first-order chi connectivity index (χ1) is 15.2. The molecule has 0 spiro atoms. The van der Waals surface area contributed by atoms with Crippen LogP contribution in [0.15, 0.2) is 30.5 Å². The van der Waals surface area contributed by atoms with Crippen LogP contribution >= 0.6 is 0 Å². The zero-order valence-electron chi connectivity index (χ0n) is 18.7. The number of methoxy groups -OCH3 is 1. The number of nitrogens with zero attached hydrogens (tertiary/aromatic N) is 2. The van der Waals surface area contributed by atoms with Crippen molar-refractivity contribution in [2.45, 2.75) is 45.9 Å². The number of halogens is 2. The zero-order chi connectivity index (χ0) is 23.5. The van der Waals surface area contributed by atoms with E-state index in [-0.39, 0.29) is 30.4 Å². The molecule has 0 fully saturated rings. The van der Waals surface area contributed by atoms with Gasteiger partial charge in [0, 0.05) is 25.4 Å². The first-order valence-corrected chi connectivity index (χ1v) is 10.3. The van der Waals surface area contributed by atoms with Gasteiger partial charge < -0.3 is 20.5 Å². The molecule has 2 aromatic heterocycles. The smallest absolute Gasteiger partial charge is 0.270 e. The predicted molar refractivity (Wildman–Crippen MR) is 117 cm³/mol. The largest absolute Gasteiger partial charge is 0.485 e. The lowest BCUT2D eigenvalue weighted by Gasteiger charge is -2.23. The fraction of sp³-hybridized carbons (Fsp3) is 0.391. The van der Waals surface area contributed by atoms with Crippen LogP contribution in [0.25, 0.3) is 5.65 Å². The molecule has 3 rings (SSSR count). The number of pyridine rings is 1. The minimum Gasteiger partial charge on any atom is -0.485 e. The van der Waals surface area contributed by atoms with E-state index in [1.54, 1.807) is 30.7 Å². The second-order valence-electron chi connectivity index (χ2n) is 8.06. The molecule has 1 atom stereocenters. The Balaban J connectivity index is 1.99. The first kappa shape index (κ1) is 23.6. The normalized spacial score (nSPS) is 13.2. The Kier molecular flexibility index (Phi) is 7.10. The average molecular weight is 446 g/mol. The Morgan fingerprint density at radius 1 is 1.28 bits per heavy atom. The number of benzene rings is 1. The molecule has 0 aliphatic carbocycles. The first-order valence-electron chi connectivity index (χ1n) is 10.3. The Bertz CT molecular complexity index is 1110. The maximum absolute atomic E-state index is 14.0. The molecule has 3 N–H and O–H groups in total. The van der Waals surface area contributed by atoms with Crippen molar-refractivity contribution in [1.82, 2.24) is 14.7 Å².